The number of rotatable bonds is 7. The summed E-state index contributed by atoms with van der Waals surface area (Å²) >= 11 is 0. The van der Waals surface area contributed by atoms with Crippen molar-refractivity contribution in [3.63, 3.8) is 0 Å². The van der Waals surface area contributed by atoms with Crippen LogP contribution in [0.5, 0.6) is 0 Å². The summed E-state index contributed by atoms with van der Waals surface area (Å²) in [5.41, 5.74) is 5.14. The summed E-state index contributed by atoms with van der Waals surface area (Å²) in [6.45, 7) is 1.70. The molecule has 1 fully saturated rings. The van der Waals surface area contributed by atoms with E-state index in [-0.39, 0.29) is 19.6 Å². The number of nitrogens with zero attached hydrogens (tertiary/aromatic N) is 2. The zero-order valence-electron chi connectivity index (χ0n) is 19.0. The molecule has 8 nitrogen and oxygen atoms in total. The Morgan fingerprint density at radius 3 is 2.50 bits per heavy atom. The Kier molecular flexibility index (Phi) is 6.49. The number of carbonyl (C=O) groups excluding carboxylic acids is 1. The van der Waals surface area contributed by atoms with Crippen LogP contribution < -0.4 is 5.48 Å². The zero-order valence-corrected chi connectivity index (χ0v) is 19.8. The molecule has 0 bridgehead atoms. The monoisotopic (exact) mass is 481 g/mol. The molecule has 1 aliphatic rings. The lowest BCUT2D eigenvalue weighted by molar-refractivity contribution is -0.131. The number of sulfone groups is 1. The van der Waals surface area contributed by atoms with E-state index in [1.165, 1.54) is 18.0 Å². The van der Waals surface area contributed by atoms with Gasteiger partial charge in [-0.2, -0.15) is 5.10 Å². The van der Waals surface area contributed by atoms with Crippen LogP contribution in [0.1, 0.15) is 42.4 Å². The van der Waals surface area contributed by atoms with Gasteiger partial charge in [0, 0.05) is 42.1 Å². The van der Waals surface area contributed by atoms with Crippen LogP contribution in [0.2, 0.25) is 0 Å². The fourth-order valence-corrected chi connectivity index (χ4v) is 4.84. The Bertz CT molecular complexity index is 1390. The number of hydrogen-bond donors (Lipinski definition) is 3. The molecule has 1 aromatic heterocycles. The second kappa shape index (κ2) is 9.22. The van der Waals surface area contributed by atoms with Gasteiger partial charge in [0.2, 0.25) is 0 Å². The number of hydrogen-bond acceptors (Lipinski definition) is 6. The van der Waals surface area contributed by atoms with E-state index in [2.05, 4.69) is 29.1 Å². The molecule has 1 unspecified atom stereocenters. The Hall–Kier alpha value is -3.19. The summed E-state index contributed by atoms with van der Waals surface area (Å²) in [7, 11) is -3.77. The number of hydroxylamine groups is 1. The van der Waals surface area contributed by atoms with Crippen LogP contribution in [-0.4, -0.2) is 52.0 Å². The Morgan fingerprint density at radius 2 is 1.88 bits per heavy atom. The molecule has 178 valence electrons. The molecule has 9 heteroatoms. The van der Waals surface area contributed by atoms with E-state index >= 15 is 0 Å². The third kappa shape index (κ3) is 4.85. The number of amides is 1. The molecule has 0 spiro atoms. The predicted octanol–water partition coefficient (Wildman–Crippen LogP) is 2.23. The second-order valence-electron chi connectivity index (χ2n) is 9.02. The third-order valence-corrected chi connectivity index (χ3v) is 8.64. The zero-order chi connectivity index (χ0) is 24.5. The first kappa shape index (κ1) is 24.0. The fourth-order valence-electron chi connectivity index (χ4n) is 4.00. The largest absolute Gasteiger partial charge is 0.396 e. The average Bonchev–Trinajstić information content (AvgIpc) is 3.50. The van der Waals surface area contributed by atoms with Crippen molar-refractivity contribution in [3.05, 3.63) is 65.4 Å². The van der Waals surface area contributed by atoms with E-state index in [4.69, 9.17) is 5.21 Å². The number of aliphatic hydroxyl groups excluding tert-OH is 1. The molecule has 2 aromatic carbocycles. The van der Waals surface area contributed by atoms with Crippen molar-refractivity contribution < 1.29 is 23.5 Å². The van der Waals surface area contributed by atoms with E-state index in [1.54, 1.807) is 10.9 Å². The summed E-state index contributed by atoms with van der Waals surface area (Å²) in [6.07, 6.45) is 3.74. The number of fused-ring (bicyclic) bond motifs is 1. The van der Waals surface area contributed by atoms with E-state index < -0.39 is 20.5 Å². The van der Waals surface area contributed by atoms with Gasteiger partial charge in [-0.15, -0.1) is 0 Å². The fraction of sp³-hybridized carbons (Fsp3) is 0.360. The lowest BCUT2D eigenvalue weighted by Crippen LogP contribution is -2.49. The van der Waals surface area contributed by atoms with Gasteiger partial charge in [-0.05, 0) is 67.5 Å². The van der Waals surface area contributed by atoms with Crippen LogP contribution in [0.25, 0.3) is 10.9 Å². The lowest BCUT2D eigenvalue weighted by Gasteiger charge is -2.24. The highest BCUT2D eigenvalue weighted by molar-refractivity contribution is 7.92. The van der Waals surface area contributed by atoms with Crippen LogP contribution in [0.15, 0.2) is 48.7 Å². The molecular weight excluding hydrogens is 454 g/mol. The van der Waals surface area contributed by atoms with Crippen LogP contribution in [-0.2, 0) is 21.2 Å². The van der Waals surface area contributed by atoms with Gasteiger partial charge in [0.15, 0.2) is 14.6 Å². The number of aliphatic hydroxyl groups is 1. The Labute approximate surface area is 198 Å². The lowest BCUT2D eigenvalue weighted by atomic mass is 10.1. The van der Waals surface area contributed by atoms with E-state index in [0.717, 1.165) is 34.7 Å². The molecule has 1 amide bonds. The summed E-state index contributed by atoms with van der Waals surface area (Å²) in [5.74, 6) is 6.20. The first-order valence-corrected chi connectivity index (χ1v) is 12.9. The molecule has 3 aromatic rings. The highest BCUT2D eigenvalue weighted by Crippen LogP contribution is 2.46. The maximum atomic E-state index is 12.1. The molecule has 1 heterocycles. The minimum Gasteiger partial charge on any atom is -0.396 e. The van der Waals surface area contributed by atoms with Gasteiger partial charge in [-0.25, -0.2) is 13.9 Å². The molecule has 34 heavy (non-hydrogen) atoms. The van der Waals surface area contributed by atoms with Gasteiger partial charge >= 0.3 is 0 Å². The summed E-state index contributed by atoms with van der Waals surface area (Å²) < 4.78 is 24.1. The van der Waals surface area contributed by atoms with Crippen molar-refractivity contribution >= 4 is 26.6 Å². The van der Waals surface area contributed by atoms with Gasteiger partial charge in [-0.3, -0.25) is 14.7 Å². The first-order chi connectivity index (χ1) is 16.1. The molecule has 1 aliphatic carbocycles. The third-order valence-electron chi connectivity index (χ3n) is 6.62. The highest BCUT2D eigenvalue weighted by Gasteiger charge is 2.43. The highest BCUT2D eigenvalue weighted by atomic mass is 32.2. The van der Waals surface area contributed by atoms with Gasteiger partial charge in [-0.1, -0.05) is 24.0 Å². The molecule has 4 rings (SSSR count). The molecule has 3 atom stereocenters. The summed E-state index contributed by atoms with van der Waals surface area (Å²) in [5, 5.41) is 23.5. The summed E-state index contributed by atoms with van der Waals surface area (Å²) in [4.78, 5) is 12.0. The van der Waals surface area contributed by atoms with Crippen LogP contribution in [0.3, 0.4) is 0 Å². The topological polar surface area (TPSA) is 122 Å². The molecule has 1 saturated carbocycles. The Morgan fingerprint density at radius 1 is 1.21 bits per heavy atom. The van der Waals surface area contributed by atoms with Crippen LogP contribution in [0, 0.1) is 17.8 Å². The van der Waals surface area contributed by atoms with Gasteiger partial charge < -0.3 is 5.11 Å². The van der Waals surface area contributed by atoms with E-state index in [1.807, 2.05) is 30.3 Å². The number of aromatic nitrogens is 2. The predicted molar refractivity (Wildman–Crippen MR) is 128 cm³/mol. The normalized spacial score (nSPS) is 19.2. The maximum Gasteiger partial charge on any atom is 0.264 e. The molecule has 3 N–H and O–H groups in total. The van der Waals surface area contributed by atoms with Gasteiger partial charge in [0.05, 0.1) is 5.52 Å². The minimum absolute atomic E-state index is 0.0468. The van der Waals surface area contributed by atoms with Crippen molar-refractivity contribution in [2.24, 2.45) is 5.92 Å². The number of benzene rings is 2. The van der Waals surface area contributed by atoms with Crippen molar-refractivity contribution in [2.75, 3.05) is 12.9 Å². The van der Waals surface area contributed by atoms with Gasteiger partial charge in [0.1, 0.15) is 0 Å². The maximum absolute atomic E-state index is 12.1. The van der Waals surface area contributed by atoms with Crippen LogP contribution in [0.4, 0.5) is 0 Å². The number of aryl methyl sites for hydroxylation is 1. The van der Waals surface area contributed by atoms with Crippen molar-refractivity contribution in [1.82, 2.24) is 15.3 Å². The van der Waals surface area contributed by atoms with Crippen molar-refractivity contribution in [2.45, 2.75) is 37.0 Å². The smallest absolute Gasteiger partial charge is 0.264 e. The van der Waals surface area contributed by atoms with Gasteiger partial charge in [0.25, 0.3) is 5.91 Å². The average molecular weight is 482 g/mol. The van der Waals surface area contributed by atoms with Crippen molar-refractivity contribution in [1.29, 1.82) is 0 Å². The van der Waals surface area contributed by atoms with Crippen molar-refractivity contribution in [3.8, 4) is 11.8 Å². The van der Waals surface area contributed by atoms with Crippen LogP contribution >= 0.6 is 0 Å². The quantitative estimate of drug-likeness (QED) is 0.270. The standard InChI is InChI=1S/C25H27N3O5S/c1-25(24(30)27-31,34(2,32)33)11-12-28-15-20-13-18(7-10-23(20)26-28)4-3-17-5-8-19(9-6-17)22-14-21(22)16-29/h5-10,13,15,21-22,29,31H,11-12,14,16H2,1-2H3,(H,27,30)/t21-,22-,25?/m1/s1. The molecule has 0 saturated heterocycles. The SMILES string of the molecule is CC(CCn1cc2cc(C#Cc3ccc([C@H]4C[C@@H]4CO)cc3)ccc2n1)(C(=O)NO)S(C)(=O)=O. The second-order valence-corrected chi connectivity index (χ2v) is 11.5. The van der Waals surface area contributed by atoms with E-state index in [9.17, 15) is 18.3 Å². The molecule has 0 radical (unpaired) electrons. The summed E-state index contributed by atoms with van der Waals surface area (Å²) in [6, 6.07) is 13.7. The first-order valence-electron chi connectivity index (χ1n) is 11.0. The number of carbonyl (C=O) groups is 1. The van der Waals surface area contributed by atoms with E-state index in [0.29, 0.717) is 11.8 Å². The minimum atomic E-state index is -3.77. The molecular formula is C25H27N3O5S. The Balaban J connectivity index is 1.47. The molecule has 0 aliphatic heterocycles. The number of nitrogens with one attached hydrogen (secondary N) is 1.